The Morgan fingerprint density at radius 1 is 1.04 bits per heavy atom. The fourth-order valence-electron chi connectivity index (χ4n) is 3.48. The fraction of sp³-hybridized carbons (Fsp3) is 0.500. The highest BCUT2D eigenvalue weighted by Crippen LogP contribution is 2.16. The summed E-state index contributed by atoms with van der Waals surface area (Å²) in [5.41, 5.74) is 3.43. The molecule has 1 aliphatic heterocycles. The van der Waals surface area contributed by atoms with Gasteiger partial charge in [-0.25, -0.2) is 0 Å². The molecule has 0 bridgehead atoms. The van der Waals surface area contributed by atoms with E-state index in [1.54, 1.807) is 11.3 Å². The maximum atomic E-state index is 12.7. The zero-order valence-electron chi connectivity index (χ0n) is 15.8. The number of hydrogen-bond donors (Lipinski definition) is 0. The fourth-order valence-corrected chi connectivity index (χ4v) is 4.17. The summed E-state index contributed by atoms with van der Waals surface area (Å²) in [4.78, 5) is 30.2. The monoisotopic (exact) mass is 373 g/mol. The molecule has 1 aliphatic rings. The van der Waals surface area contributed by atoms with Crippen LogP contribution >= 0.6 is 11.3 Å². The number of hydrogen-bond acceptors (Lipinski definition) is 3. The molecule has 0 spiro atoms. The van der Waals surface area contributed by atoms with Crippen molar-refractivity contribution in [1.82, 2.24) is 14.4 Å². The van der Waals surface area contributed by atoms with Crippen molar-refractivity contribution >= 4 is 23.2 Å². The molecule has 0 aliphatic carbocycles. The van der Waals surface area contributed by atoms with Crippen LogP contribution in [-0.2, 0) is 29.5 Å². The van der Waals surface area contributed by atoms with E-state index in [9.17, 15) is 9.59 Å². The third-order valence-electron chi connectivity index (χ3n) is 5.33. The van der Waals surface area contributed by atoms with Crippen molar-refractivity contribution in [3.63, 3.8) is 0 Å². The summed E-state index contributed by atoms with van der Waals surface area (Å²) in [6, 6.07) is 6.08. The number of rotatable bonds is 4. The van der Waals surface area contributed by atoms with E-state index in [2.05, 4.69) is 24.5 Å². The van der Waals surface area contributed by atoms with E-state index in [-0.39, 0.29) is 11.8 Å². The Morgan fingerprint density at radius 2 is 1.69 bits per heavy atom. The van der Waals surface area contributed by atoms with Crippen LogP contribution in [0.25, 0.3) is 0 Å². The molecule has 2 aromatic rings. The van der Waals surface area contributed by atoms with Gasteiger partial charge in [0, 0.05) is 49.5 Å². The molecule has 2 aromatic heterocycles. The van der Waals surface area contributed by atoms with E-state index >= 15 is 0 Å². The second kappa shape index (κ2) is 8.08. The van der Waals surface area contributed by atoms with Gasteiger partial charge in [-0.05, 0) is 43.3 Å². The lowest BCUT2D eigenvalue weighted by Crippen LogP contribution is -2.38. The van der Waals surface area contributed by atoms with Gasteiger partial charge in [-0.2, -0.15) is 0 Å². The van der Waals surface area contributed by atoms with Crippen molar-refractivity contribution in [2.75, 3.05) is 26.2 Å². The third kappa shape index (κ3) is 4.18. The number of amides is 2. The van der Waals surface area contributed by atoms with Gasteiger partial charge >= 0.3 is 0 Å². The Kier molecular flexibility index (Phi) is 5.81. The highest BCUT2D eigenvalue weighted by atomic mass is 32.1. The molecule has 140 valence electrons. The lowest BCUT2D eigenvalue weighted by Gasteiger charge is -2.22. The van der Waals surface area contributed by atoms with Crippen LogP contribution in [0.15, 0.2) is 23.6 Å². The Labute approximate surface area is 159 Å². The van der Waals surface area contributed by atoms with Crippen LogP contribution in [0.4, 0.5) is 0 Å². The summed E-state index contributed by atoms with van der Waals surface area (Å²) in [5.74, 6) is 0.322. The van der Waals surface area contributed by atoms with Gasteiger partial charge in [0.25, 0.3) is 0 Å². The van der Waals surface area contributed by atoms with Crippen LogP contribution in [0.2, 0.25) is 0 Å². The SMILES string of the molecule is Cc1cc(CC(=O)N2CCCN(C(=O)Cc3cccs3)CC2)c(C)n1C. The molecule has 0 saturated carbocycles. The van der Waals surface area contributed by atoms with Crippen molar-refractivity contribution in [1.29, 1.82) is 0 Å². The zero-order valence-corrected chi connectivity index (χ0v) is 16.6. The van der Waals surface area contributed by atoms with Crippen LogP contribution in [0.5, 0.6) is 0 Å². The highest BCUT2D eigenvalue weighted by molar-refractivity contribution is 7.10. The number of thiophene rings is 1. The molecule has 0 radical (unpaired) electrons. The van der Waals surface area contributed by atoms with Crippen molar-refractivity contribution < 1.29 is 9.59 Å². The van der Waals surface area contributed by atoms with Crippen molar-refractivity contribution in [2.45, 2.75) is 33.1 Å². The van der Waals surface area contributed by atoms with E-state index in [4.69, 9.17) is 0 Å². The van der Waals surface area contributed by atoms with E-state index in [1.165, 1.54) is 5.69 Å². The van der Waals surface area contributed by atoms with E-state index in [0.29, 0.717) is 25.9 Å². The third-order valence-corrected chi connectivity index (χ3v) is 6.20. The van der Waals surface area contributed by atoms with Crippen molar-refractivity contribution in [3.8, 4) is 0 Å². The molecule has 1 saturated heterocycles. The molecule has 26 heavy (non-hydrogen) atoms. The number of aromatic nitrogens is 1. The van der Waals surface area contributed by atoms with Crippen molar-refractivity contribution in [3.05, 3.63) is 45.4 Å². The minimum atomic E-state index is 0.159. The molecular formula is C20H27N3O2S. The van der Waals surface area contributed by atoms with E-state index < -0.39 is 0 Å². The topological polar surface area (TPSA) is 45.6 Å². The summed E-state index contributed by atoms with van der Waals surface area (Å²) in [6.45, 7) is 6.83. The van der Waals surface area contributed by atoms with Gasteiger partial charge < -0.3 is 14.4 Å². The largest absolute Gasteiger partial charge is 0.352 e. The molecule has 0 atom stereocenters. The van der Waals surface area contributed by atoms with Gasteiger partial charge in [0.15, 0.2) is 0 Å². The first-order valence-electron chi connectivity index (χ1n) is 9.15. The lowest BCUT2D eigenvalue weighted by atomic mass is 10.1. The summed E-state index contributed by atoms with van der Waals surface area (Å²) in [6.07, 6.45) is 1.75. The summed E-state index contributed by atoms with van der Waals surface area (Å²) < 4.78 is 2.12. The lowest BCUT2D eigenvalue weighted by molar-refractivity contribution is -0.132. The van der Waals surface area contributed by atoms with Gasteiger partial charge in [0.1, 0.15) is 0 Å². The molecule has 0 aromatic carbocycles. The number of aryl methyl sites for hydroxylation is 1. The second-order valence-corrected chi connectivity index (χ2v) is 8.04. The average molecular weight is 374 g/mol. The van der Waals surface area contributed by atoms with E-state index in [0.717, 1.165) is 35.6 Å². The van der Waals surface area contributed by atoms with Gasteiger partial charge in [0.2, 0.25) is 11.8 Å². The summed E-state index contributed by atoms with van der Waals surface area (Å²) >= 11 is 1.62. The first-order valence-corrected chi connectivity index (χ1v) is 10.0. The molecule has 0 unspecified atom stereocenters. The second-order valence-electron chi connectivity index (χ2n) is 7.00. The van der Waals surface area contributed by atoms with Crippen LogP contribution in [0.3, 0.4) is 0 Å². The van der Waals surface area contributed by atoms with Gasteiger partial charge in [-0.15, -0.1) is 11.3 Å². The minimum absolute atomic E-state index is 0.159. The van der Waals surface area contributed by atoms with E-state index in [1.807, 2.05) is 34.4 Å². The molecule has 3 rings (SSSR count). The Bertz CT molecular complexity index is 779. The predicted octanol–water partition coefficient (Wildman–Crippen LogP) is 2.55. The number of carbonyl (C=O) groups is 2. The van der Waals surface area contributed by atoms with Crippen LogP contribution in [-0.4, -0.2) is 52.4 Å². The average Bonchev–Trinajstić information content (AvgIpc) is 3.10. The van der Waals surface area contributed by atoms with Crippen LogP contribution in [0.1, 0.15) is 28.2 Å². The normalized spacial score (nSPS) is 15.2. The number of carbonyl (C=O) groups excluding carboxylic acids is 2. The molecule has 0 N–H and O–H groups in total. The first kappa shape index (κ1) is 18.7. The Morgan fingerprint density at radius 3 is 2.23 bits per heavy atom. The maximum absolute atomic E-state index is 12.7. The Hall–Kier alpha value is -2.08. The summed E-state index contributed by atoms with van der Waals surface area (Å²) in [5, 5.41) is 2.00. The van der Waals surface area contributed by atoms with Crippen molar-refractivity contribution in [2.24, 2.45) is 7.05 Å². The molecule has 6 heteroatoms. The highest BCUT2D eigenvalue weighted by Gasteiger charge is 2.23. The number of nitrogens with zero attached hydrogens (tertiary/aromatic N) is 3. The van der Waals surface area contributed by atoms with Gasteiger partial charge in [0.05, 0.1) is 12.8 Å². The summed E-state index contributed by atoms with van der Waals surface area (Å²) in [7, 11) is 2.03. The zero-order chi connectivity index (χ0) is 18.7. The van der Waals surface area contributed by atoms with Crippen LogP contribution < -0.4 is 0 Å². The quantitative estimate of drug-likeness (QED) is 0.827. The minimum Gasteiger partial charge on any atom is -0.352 e. The first-order chi connectivity index (χ1) is 12.5. The molecule has 5 nitrogen and oxygen atoms in total. The molecule has 1 fully saturated rings. The van der Waals surface area contributed by atoms with Gasteiger partial charge in [-0.3, -0.25) is 9.59 Å². The molecule has 3 heterocycles. The molecular weight excluding hydrogens is 346 g/mol. The van der Waals surface area contributed by atoms with Gasteiger partial charge in [-0.1, -0.05) is 6.07 Å². The maximum Gasteiger partial charge on any atom is 0.227 e. The smallest absolute Gasteiger partial charge is 0.227 e. The Balaban J connectivity index is 1.56. The molecule has 2 amide bonds. The standard InChI is InChI=1S/C20H27N3O2S/c1-15-12-17(16(2)21(15)3)13-19(24)22-7-5-8-23(10-9-22)20(25)14-18-6-4-11-26-18/h4,6,11-12H,5,7-10,13-14H2,1-3H3. The van der Waals surface area contributed by atoms with Crippen LogP contribution in [0, 0.1) is 13.8 Å². The predicted molar refractivity (Wildman–Crippen MR) is 104 cm³/mol.